The Bertz CT molecular complexity index is 859. The molecule has 0 saturated heterocycles. The van der Waals surface area contributed by atoms with Crippen molar-refractivity contribution in [3.05, 3.63) is 51.3 Å². The molecule has 144 valence electrons. The molecule has 1 amide bonds. The summed E-state index contributed by atoms with van der Waals surface area (Å²) in [5, 5.41) is 26.9. The fourth-order valence-electron chi connectivity index (χ4n) is 2.69. The Kier molecular flexibility index (Phi) is 6.11. The van der Waals surface area contributed by atoms with Crippen molar-refractivity contribution in [2.24, 2.45) is 0 Å². The molecule has 1 unspecified atom stereocenters. The summed E-state index contributed by atoms with van der Waals surface area (Å²) in [6.07, 6.45) is -0.0704. The molecule has 1 aromatic carbocycles. The van der Waals surface area contributed by atoms with E-state index in [0.717, 1.165) is 0 Å². The van der Waals surface area contributed by atoms with Gasteiger partial charge in [0.05, 0.1) is 18.6 Å². The molecule has 2 rings (SSSR count). The first-order valence-electron chi connectivity index (χ1n) is 8.09. The minimum Gasteiger partial charge on any atom is -0.497 e. The second-order valence-electron chi connectivity index (χ2n) is 5.86. The van der Waals surface area contributed by atoms with Crippen LogP contribution in [0.5, 0.6) is 5.75 Å². The van der Waals surface area contributed by atoms with Crippen LogP contribution < -0.4 is 10.1 Å². The fourth-order valence-corrected chi connectivity index (χ4v) is 2.69. The maximum atomic E-state index is 12.2. The Morgan fingerprint density at radius 1 is 1.33 bits per heavy atom. The number of carboxylic acids is 1. The lowest BCUT2D eigenvalue weighted by Gasteiger charge is -2.15. The number of aryl methyl sites for hydroxylation is 2. The van der Waals surface area contributed by atoms with Gasteiger partial charge in [-0.25, -0.2) is 4.79 Å². The topological polar surface area (TPSA) is 137 Å². The first-order chi connectivity index (χ1) is 12.7. The summed E-state index contributed by atoms with van der Waals surface area (Å²) >= 11 is 0. The summed E-state index contributed by atoms with van der Waals surface area (Å²) in [6, 6.07) is 5.11. The molecular formula is C17H20N4O6. The normalized spacial score (nSPS) is 11.7. The average Bonchev–Trinajstić information content (AvgIpc) is 2.91. The highest BCUT2D eigenvalue weighted by Crippen LogP contribution is 2.22. The van der Waals surface area contributed by atoms with Gasteiger partial charge in [-0.2, -0.15) is 5.10 Å². The van der Waals surface area contributed by atoms with Crippen molar-refractivity contribution in [2.75, 3.05) is 7.11 Å². The molecule has 1 heterocycles. The number of benzene rings is 1. The number of hydrogen-bond donors (Lipinski definition) is 2. The van der Waals surface area contributed by atoms with Gasteiger partial charge in [-0.15, -0.1) is 0 Å². The third kappa shape index (κ3) is 4.60. The smallest absolute Gasteiger partial charge is 0.330 e. The molecule has 0 spiro atoms. The van der Waals surface area contributed by atoms with Gasteiger partial charge in [0.25, 0.3) is 0 Å². The molecular weight excluding hydrogens is 356 g/mol. The highest BCUT2D eigenvalue weighted by atomic mass is 16.6. The summed E-state index contributed by atoms with van der Waals surface area (Å²) in [5.41, 5.74) is 0.922. The van der Waals surface area contributed by atoms with Crippen LogP contribution in [0.25, 0.3) is 0 Å². The maximum absolute atomic E-state index is 12.2. The Morgan fingerprint density at radius 2 is 1.96 bits per heavy atom. The van der Waals surface area contributed by atoms with E-state index in [1.807, 2.05) is 0 Å². The molecule has 0 aliphatic heterocycles. The third-order valence-corrected chi connectivity index (χ3v) is 4.08. The van der Waals surface area contributed by atoms with Gasteiger partial charge in [0.1, 0.15) is 17.1 Å². The number of aromatic nitrogens is 2. The molecule has 1 aromatic heterocycles. The number of carbonyl (C=O) groups excluding carboxylic acids is 1. The molecule has 0 aliphatic rings. The first kappa shape index (κ1) is 19.9. The van der Waals surface area contributed by atoms with Crippen molar-refractivity contribution < 1.29 is 24.4 Å². The maximum Gasteiger partial charge on any atom is 0.330 e. The summed E-state index contributed by atoms with van der Waals surface area (Å²) < 4.78 is 6.40. The van der Waals surface area contributed by atoms with E-state index < -0.39 is 22.8 Å². The minimum atomic E-state index is -1.21. The molecule has 0 fully saturated rings. The van der Waals surface area contributed by atoms with Crippen LogP contribution in [0, 0.1) is 24.0 Å². The van der Waals surface area contributed by atoms with Gasteiger partial charge in [-0.05, 0) is 31.5 Å². The number of nitro groups is 1. The number of aliphatic carboxylic acids is 1. The van der Waals surface area contributed by atoms with Crippen LogP contribution in [-0.2, 0) is 16.1 Å². The molecule has 27 heavy (non-hydrogen) atoms. The van der Waals surface area contributed by atoms with Crippen molar-refractivity contribution in [1.82, 2.24) is 15.1 Å². The van der Waals surface area contributed by atoms with Crippen LogP contribution in [0.4, 0.5) is 5.69 Å². The van der Waals surface area contributed by atoms with E-state index in [1.54, 1.807) is 31.2 Å². The fraction of sp³-hybridized carbons (Fsp3) is 0.353. The van der Waals surface area contributed by atoms with Crippen LogP contribution in [-0.4, -0.2) is 38.8 Å². The number of ether oxygens (including phenoxy) is 1. The largest absolute Gasteiger partial charge is 0.497 e. The summed E-state index contributed by atoms with van der Waals surface area (Å²) in [7, 11) is 1.49. The van der Waals surface area contributed by atoms with E-state index in [4.69, 9.17) is 4.74 Å². The summed E-state index contributed by atoms with van der Waals surface area (Å²) in [4.78, 5) is 34.2. The molecule has 0 aliphatic carbocycles. The van der Waals surface area contributed by atoms with E-state index in [2.05, 4.69) is 10.4 Å². The summed E-state index contributed by atoms with van der Waals surface area (Å²) in [5.74, 6) is -1.14. The van der Waals surface area contributed by atoms with Crippen molar-refractivity contribution in [3.63, 3.8) is 0 Å². The van der Waals surface area contributed by atoms with Crippen LogP contribution in [0.3, 0.4) is 0 Å². The Morgan fingerprint density at radius 3 is 2.44 bits per heavy atom. The number of amides is 1. The number of methoxy groups -OCH3 is 1. The molecule has 0 saturated carbocycles. The molecule has 10 nitrogen and oxygen atoms in total. The zero-order chi connectivity index (χ0) is 20.1. The molecule has 1 atom stereocenters. The second-order valence-corrected chi connectivity index (χ2v) is 5.86. The number of carbonyl (C=O) groups is 2. The van der Waals surface area contributed by atoms with Crippen molar-refractivity contribution in [3.8, 4) is 5.75 Å². The number of hydrogen-bond acceptors (Lipinski definition) is 6. The Balaban J connectivity index is 2.05. The molecule has 2 N–H and O–H groups in total. The molecule has 2 aromatic rings. The van der Waals surface area contributed by atoms with E-state index in [1.165, 1.54) is 18.7 Å². The molecule has 0 radical (unpaired) electrons. The highest BCUT2D eigenvalue weighted by Gasteiger charge is 2.24. The quantitative estimate of drug-likeness (QED) is 0.529. The average molecular weight is 376 g/mol. The monoisotopic (exact) mass is 376 g/mol. The summed E-state index contributed by atoms with van der Waals surface area (Å²) in [6.45, 7) is 3.17. The van der Waals surface area contributed by atoms with Crippen LogP contribution in [0.1, 0.15) is 29.4 Å². The number of rotatable bonds is 8. The number of nitrogens with one attached hydrogen (secondary N) is 1. The Labute approximate surface area is 154 Å². The zero-order valence-electron chi connectivity index (χ0n) is 15.1. The molecule has 10 heteroatoms. The predicted octanol–water partition coefficient (Wildman–Crippen LogP) is 1.75. The van der Waals surface area contributed by atoms with Gasteiger partial charge < -0.3 is 15.2 Å². The van der Waals surface area contributed by atoms with Crippen LogP contribution >= 0.6 is 0 Å². The van der Waals surface area contributed by atoms with Crippen molar-refractivity contribution in [2.45, 2.75) is 32.9 Å². The number of carboxylic acid groups (broad SMARTS) is 1. The molecule has 0 bridgehead atoms. The van der Waals surface area contributed by atoms with E-state index >= 15 is 0 Å². The first-order valence-corrected chi connectivity index (χ1v) is 8.09. The minimum absolute atomic E-state index is 0.0704. The highest BCUT2D eigenvalue weighted by molar-refractivity contribution is 5.84. The second kappa shape index (κ2) is 8.30. The van der Waals surface area contributed by atoms with Gasteiger partial charge in [-0.3, -0.25) is 19.6 Å². The lowest BCUT2D eigenvalue weighted by atomic mass is 10.1. The standard InChI is InChI=1S/C17H20N4O6/c1-10-16(21(25)26)11(2)20(19-10)9-8-14(22)18-15(17(23)24)12-4-6-13(27-3)7-5-12/h4-7,15H,8-9H2,1-3H3,(H,18,22)(H,23,24). The van der Waals surface area contributed by atoms with Gasteiger partial charge >= 0.3 is 11.7 Å². The predicted molar refractivity (Wildman–Crippen MR) is 94.5 cm³/mol. The van der Waals surface area contributed by atoms with Gasteiger partial charge in [-0.1, -0.05) is 12.1 Å². The lowest BCUT2D eigenvalue weighted by molar-refractivity contribution is -0.386. The number of nitrogens with zero attached hydrogens (tertiary/aromatic N) is 3. The lowest BCUT2D eigenvalue weighted by Crippen LogP contribution is -2.34. The van der Waals surface area contributed by atoms with E-state index in [0.29, 0.717) is 17.0 Å². The Hall–Kier alpha value is -3.43. The zero-order valence-corrected chi connectivity index (χ0v) is 15.1. The van der Waals surface area contributed by atoms with E-state index in [9.17, 15) is 24.8 Å². The SMILES string of the molecule is COc1ccc(C(NC(=O)CCn2nc(C)c([N+](=O)[O-])c2C)C(=O)O)cc1. The third-order valence-electron chi connectivity index (χ3n) is 4.08. The van der Waals surface area contributed by atoms with Crippen molar-refractivity contribution >= 4 is 17.6 Å². The van der Waals surface area contributed by atoms with E-state index in [-0.39, 0.29) is 24.3 Å². The van der Waals surface area contributed by atoms with Gasteiger partial charge in [0.2, 0.25) is 5.91 Å². The van der Waals surface area contributed by atoms with Gasteiger partial charge in [0, 0.05) is 6.42 Å². The van der Waals surface area contributed by atoms with Crippen LogP contribution in [0.2, 0.25) is 0 Å². The van der Waals surface area contributed by atoms with Crippen LogP contribution in [0.15, 0.2) is 24.3 Å². The van der Waals surface area contributed by atoms with Crippen molar-refractivity contribution in [1.29, 1.82) is 0 Å². The van der Waals surface area contributed by atoms with Gasteiger partial charge in [0.15, 0.2) is 6.04 Å².